The molecule has 1 aromatic carbocycles. The first-order valence-electron chi connectivity index (χ1n) is 6.17. The van der Waals surface area contributed by atoms with E-state index in [1.165, 1.54) is 18.3 Å². The highest BCUT2D eigenvalue weighted by Crippen LogP contribution is 2.21. The zero-order valence-electron chi connectivity index (χ0n) is 11.3. The predicted octanol–water partition coefficient (Wildman–Crippen LogP) is 2.15. The van der Waals surface area contributed by atoms with Crippen molar-refractivity contribution in [3.05, 3.63) is 48.3 Å². The molecule has 0 bridgehead atoms. The number of nitriles is 1. The molecule has 0 aliphatic carbocycles. The summed E-state index contributed by atoms with van der Waals surface area (Å²) in [6, 6.07) is 11.1. The smallest absolute Gasteiger partial charge is 0.264 e. The average molecular weight is 303 g/mol. The van der Waals surface area contributed by atoms with Crippen molar-refractivity contribution in [3.63, 3.8) is 0 Å². The van der Waals surface area contributed by atoms with E-state index in [9.17, 15) is 8.42 Å². The van der Waals surface area contributed by atoms with Gasteiger partial charge in [-0.15, -0.1) is 0 Å². The molecule has 0 spiro atoms. The topological polar surface area (TPSA) is 92.1 Å². The maximum Gasteiger partial charge on any atom is 0.264 e. The van der Waals surface area contributed by atoms with Crippen LogP contribution in [0, 0.1) is 11.3 Å². The molecule has 0 fully saturated rings. The van der Waals surface area contributed by atoms with Gasteiger partial charge in [-0.3, -0.25) is 4.72 Å². The van der Waals surface area contributed by atoms with Gasteiger partial charge in [0.1, 0.15) is 16.7 Å². The van der Waals surface area contributed by atoms with Crippen LogP contribution >= 0.6 is 0 Å². The Balaban J connectivity index is 2.34. The van der Waals surface area contributed by atoms with Gasteiger partial charge in [0.05, 0.1) is 12.3 Å². The molecule has 0 atom stereocenters. The second kappa shape index (κ2) is 6.24. The normalized spacial score (nSPS) is 10.7. The summed E-state index contributed by atoms with van der Waals surface area (Å²) in [6.45, 7) is 2.32. The second-order valence-electron chi connectivity index (χ2n) is 4.03. The Kier molecular flexibility index (Phi) is 4.40. The Morgan fingerprint density at radius 2 is 2.14 bits per heavy atom. The first kappa shape index (κ1) is 14.8. The fourth-order valence-corrected chi connectivity index (χ4v) is 2.88. The Morgan fingerprint density at radius 3 is 2.86 bits per heavy atom. The highest BCUT2D eigenvalue weighted by Gasteiger charge is 2.19. The molecule has 1 aromatic heterocycles. The van der Waals surface area contributed by atoms with Crippen LogP contribution in [0.1, 0.15) is 12.6 Å². The fraction of sp³-hybridized carbons (Fsp3) is 0.143. The molecule has 0 unspecified atom stereocenters. The van der Waals surface area contributed by atoms with E-state index in [0.29, 0.717) is 18.0 Å². The number of sulfonamides is 1. The lowest BCUT2D eigenvalue weighted by Gasteiger charge is -2.10. The van der Waals surface area contributed by atoms with E-state index < -0.39 is 10.0 Å². The van der Waals surface area contributed by atoms with Crippen molar-refractivity contribution < 1.29 is 13.2 Å². The molecule has 2 rings (SSSR count). The maximum atomic E-state index is 12.3. The molecule has 0 radical (unpaired) electrons. The summed E-state index contributed by atoms with van der Waals surface area (Å²) >= 11 is 0. The quantitative estimate of drug-likeness (QED) is 0.913. The minimum atomic E-state index is -3.88. The molecule has 6 nitrogen and oxygen atoms in total. The van der Waals surface area contributed by atoms with Crippen LogP contribution in [0.25, 0.3) is 0 Å². The minimum Gasteiger partial charge on any atom is -0.494 e. The molecule has 108 valence electrons. The zero-order valence-corrected chi connectivity index (χ0v) is 12.1. The van der Waals surface area contributed by atoms with Crippen LogP contribution in [-0.2, 0) is 10.0 Å². The largest absolute Gasteiger partial charge is 0.494 e. The van der Waals surface area contributed by atoms with E-state index >= 15 is 0 Å². The lowest BCUT2D eigenvalue weighted by atomic mass is 10.3. The fourth-order valence-electron chi connectivity index (χ4n) is 1.72. The summed E-state index contributed by atoms with van der Waals surface area (Å²) in [4.78, 5) is 3.59. The molecule has 7 heteroatoms. The summed E-state index contributed by atoms with van der Waals surface area (Å²) in [6.07, 6.45) is 1.37. The highest BCUT2D eigenvalue weighted by molar-refractivity contribution is 7.92. The molecule has 1 N–H and O–H groups in total. The van der Waals surface area contributed by atoms with Crippen LogP contribution in [0.5, 0.6) is 5.75 Å². The molecule has 0 amide bonds. The molecule has 0 aliphatic rings. The molecule has 0 aliphatic heterocycles. The molecule has 1 heterocycles. The number of nitrogens with zero attached hydrogens (tertiary/aromatic N) is 2. The Hall–Kier alpha value is -2.59. The minimum absolute atomic E-state index is 0.147. The summed E-state index contributed by atoms with van der Waals surface area (Å²) in [5.41, 5.74) is 0.208. The molecule has 2 aromatic rings. The van der Waals surface area contributed by atoms with Gasteiger partial charge in [0, 0.05) is 12.3 Å². The number of pyridine rings is 1. The van der Waals surface area contributed by atoms with Gasteiger partial charge >= 0.3 is 0 Å². The summed E-state index contributed by atoms with van der Waals surface area (Å²) in [7, 11) is -3.88. The van der Waals surface area contributed by atoms with Crippen molar-refractivity contribution in [1.29, 1.82) is 5.26 Å². The van der Waals surface area contributed by atoms with Crippen LogP contribution in [-0.4, -0.2) is 20.0 Å². The maximum absolute atomic E-state index is 12.3. The summed E-state index contributed by atoms with van der Waals surface area (Å²) in [5, 5.41) is 8.94. The zero-order chi connectivity index (χ0) is 15.3. The number of nitrogens with one attached hydrogen (secondary N) is 1. The SMILES string of the molecule is CCOc1cccc(NS(=O)(=O)c2cccnc2C#N)c1. The number of ether oxygens (including phenoxy) is 1. The van der Waals surface area contributed by atoms with Gasteiger partial charge in [-0.1, -0.05) is 6.07 Å². The standard InChI is InChI=1S/C14H13N3O3S/c1-2-20-12-6-3-5-11(9-12)17-21(18,19)14-7-4-8-16-13(14)10-15/h3-9,17H,2H2,1H3. The predicted molar refractivity (Wildman–Crippen MR) is 77.4 cm³/mol. The third-order valence-corrected chi connectivity index (χ3v) is 3.98. The average Bonchev–Trinajstić information content (AvgIpc) is 2.47. The monoisotopic (exact) mass is 303 g/mol. The van der Waals surface area contributed by atoms with Crippen molar-refractivity contribution in [2.24, 2.45) is 0 Å². The van der Waals surface area contributed by atoms with Crippen LogP contribution in [0.4, 0.5) is 5.69 Å². The number of benzene rings is 1. The van der Waals surface area contributed by atoms with Crippen molar-refractivity contribution in [2.45, 2.75) is 11.8 Å². The van der Waals surface area contributed by atoms with Crippen molar-refractivity contribution >= 4 is 15.7 Å². The van der Waals surface area contributed by atoms with Gasteiger partial charge in [0.25, 0.3) is 10.0 Å². The van der Waals surface area contributed by atoms with Crippen molar-refractivity contribution in [2.75, 3.05) is 11.3 Å². The molecular formula is C14H13N3O3S. The third kappa shape index (κ3) is 3.49. The number of aromatic nitrogens is 1. The number of hydrogen-bond donors (Lipinski definition) is 1. The first-order chi connectivity index (χ1) is 10.1. The number of hydrogen-bond acceptors (Lipinski definition) is 5. The Morgan fingerprint density at radius 1 is 1.33 bits per heavy atom. The number of rotatable bonds is 5. The van der Waals surface area contributed by atoms with Crippen molar-refractivity contribution in [1.82, 2.24) is 4.98 Å². The third-order valence-electron chi connectivity index (χ3n) is 2.56. The lowest BCUT2D eigenvalue weighted by molar-refractivity contribution is 0.340. The Bertz CT molecular complexity index is 782. The summed E-state index contributed by atoms with van der Waals surface area (Å²) in [5.74, 6) is 0.560. The van der Waals surface area contributed by atoms with E-state index in [0.717, 1.165) is 0 Å². The lowest BCUT2D eigenvalue weighted by Crippen LogP contribution is -2.15. The second-order valence-corrected chi connectivity index (χ2v) is 5.68. The van der Waals surface area contributed by atoms with Crippen LogP contribution in [0.2, 0.25) is 0 Å². The van der Waals surface area contributed by atoms with E-state index in [2.05, 4.69) is 9.71 Å². The van der Waals surface area contributed by atoms with Gasteiger partial charge in [-0.05, 0) is 31.2 Å². The van der Waals surface area contributed by atoms with Gasteiger partial charge in [0.2, 0.25) is 0 Å². The van der Waals surface area contributed by atoms with Gasteiger partial charge in [-0.25, -0.2) is 13.4 Å². The van der Waals surface area contributed by atoms with Crippen LogP contribution in [0.15, 0.2) is 47.5 Å². The van der Waals surface area contributed by atoms with E-state index in [1.807, 2.05) is 6.92 Å². The summed E-state index contributed by atoms with van der Waals surface area (Å²) < 4.78 is 32.3. The Labute approximate surface area is 123 Å². The van der Waals surface area contributed by atoms with Gasteiger partial charge in [-0.2, -0.15) is 5.26 Å². The van der Waals surface area contributed by atoms with Crippen LogP contribution in [0.3, 0.4) is 0 Å². The number of anilines is 1. The molecule has 0 saturated carbocycles. The highest BCUT2D eigenvalue weighted by atomic mass is 32.2. The van der Waals surface area contributed by atoms with Crippen molar-refractivity contribution in [3.8, 4) is 11.8 Å². The van der Waals surface area contributed by atoms with E-state index in [4.69, 9.17) is 10.00 Å². The molecule has 0 saturated heterocycles. The van der Waals surface area contributed by atoms with Crippen LogP contribution < -0.4 is 9.46 Å². The van der Waals surface area contributed by atoms with E-state index in [-0.39, 0.29) is 10.6 Å². The molecular weight excluding hydrogens is 290 g/mol. The van der Waals surface area contributed by atoms with Gasteiger partial charge < -0.3 is 4.74 Å². The van der Waals surface area contributed by atoms with Gasteiger partial charge in [0.15, 0.2) is 5.69 Å². The first-order valence-corrected chi connectivity index (χ1v) is 7.66. The molecule has 21 heavy (non-hydrogen) atoms. The van der Waals surface area contributed by atoms with E-state index in [1.54, 1.807) is 30.3 Å².